The number of ether oxygens (including phenoxy) is 3. The third-order valence-electron chi connectivity index (χ3n) is 5.19. The van der Waals surface area contributed by atoms with Gasteiger partial charge in [-0.25, -0.2) is 0 Å². The summed E-state index contributed by atoms with van der Waals surface area (Å²) in [5.74, 6) is 0.751. The molecule has 36 heavy (non-hydrogen) atoms. The molecule has 0 bridgehead atoms. The van der Waals surface area contributed by atoms with Crippen molar-refractivity contribution in [3.8, 4) is 17.2 Å². The Morgan fingerprint density at radius 2 is 1.69 bits per heavy atom. The van der Waals surface area contributed by atoms with E-state index in [2.05, 4.69) is 10.6 Å². The molecule has 0 saturated heterocycles. The lowest BCUT2D eigenvalue weighted by atomic mass is 10.1. The van der Waals surface area contributed by atoms with Crippen LogP contribution in [0.25, 0.3) is 0 Å². The minimum absolute atomic E-state index is 0.119. The Kier molecular flexibility index (Phi) is 9.45. The highest BCUT2D eigenvalue weighted by Gasteiger charge is 2.10. The van der Waals surface area contributed by atoms with Crippen molar-refractivity contribution in [2.24, 2.45) is 0 Å². The quantitative estimate of drug-likeness (QED) is 0.303. The molecule has 0 atom stereocenters. The number of esters is 1. The largest absolute Gasteiger partial charge is 0.493 e. The van der Waals surface area contributed by atoms with Gasteiger partial charge >= 0.3 is 5.97 Å². The molecule has 0 spiro atoms. The van der Waals surface area contributed by atoms with Crippen LogP contribution in [0.4, 0.5) is 5.69 Å². The maximum atomic E-state index is 12.5. The summed E-state index contributed by atoms with van der Waals surface area (Å²) in [4.78, 5) is 36.1. The van der Waals surface area contributed by atoms with E-state index in [1.165, 1.54) is 13.0 Å². The van der Waals surface area contributed by atoms with Crippen LogP contribution in [0.15, 0.2) is 66.7 Å². The second-order valence-corrected chi connectivity index (χ2v) is 7.97. The van der Waals surface area contributed by atoms with Crippen molar-refractivity contribution in [1.29, 1.82) is 0 Å². The molecule has 0 unspecified atom stereocenters. The van der Waals surface area contributed by atoms with Crippen LogP contribution < -0.4 is 24.8 Å². The van der Waals surface area contributed by atoms with Crippen molar-refractivity contribution >= 4 is 23.5 Å². The Balaban J connectivity index is 1.52. The molecule has 0 aliphatic heterocycles. The monoisotopic (exact) mass is 490 g/mol. The fourth-order valence-corrected chi connectivity index (χ4v) is 3.53. The average molecular weight is 491 g/mol. The van der Waals surface area contributed by atoms with Crippen LogP contribution in [-0.2, 0) is 22.6 Å². The van der Waals surface area contributed by atoms with Gasteiger partial charge in [-0.15, -0.1) is 0 Å². The molecule has 2 amide bonds. The summed E-state index contributed by atoms with van der Waals surface area (Å²) in [5.41, 5.74) is 2.82. The van der Waals surface area contributed by atoms with Crippen LogP contribution in [-0.4, -0.2) is 31.5 Å². The number of aryl methyl sites for hydroxylation is 1. The van der Waals surface area contributed by atoms with Gasteiger partial charge in [-0.05, 0) is 66.9 Å². The minimum atomic E-state index is -0.453. The third-order valence-corrected chi connectivity index (χ3v) is 5.19. The lowest BCUT2D eigenvalue weighted by molar-refractivity contribution is -0.131. The maximum absolute atomic E-state index is 12.5. The highest BCUT2D eigenvalue weighted by molar-refractivity contribution is 5.94. The molecular formula is C28H30N2O6. The normalized spacial score (nSPS) is 10.3. The molecule has 0 aromatic heterocycles. The van der Waals surface area contributed by atoms with Crippen LogP contribution in [0.1, 0.15) is 41.8 Å². The minimum Gasteiger partial charge on any atom is -0.493 e. The molecule has 0 aliphatic rings. The second-order valence-electron chi connectivity index (χ2n) is 7.97. The first-order chi connectivity index (χ1) is 17.4. The van der Waals surface area contributed by atoms with E-state index in [1.807, 2.05) is 43.3 Å². The van der Waals surface area contributed by atoms with E-state index < -0.39 is 5.97 Å². The topological polar surface area (TPSA) is 103 Å². The van der Waals surface area contributed by atoms with E-state index in [1.54, 1.807) is 31.4 Å². The molecule has 0 fully saturated rings. The standard InChI is InChI=1S/C28H30N2O6/c1-4-35-25-13-11-20(16-26(25)34-3)12-14-27(32)30-23-9-5-7-21(15-23)18-29-28(33)22-8-6-10-24(17-22)36-19(2)31/h5-11,13,15-17H,4,12,14,18H2,1-3H3,(H,29,33)(H,30,32). The molecule has 8 nitrogen and oxygen atoms in total. The molecule has 3 aromatic rings. The van der Waals surface area contributed by atoms with Gasteiger partial charge in [0.1, 0.15) is 5.75 Å². The molecular weight excluding hydrogens is 460 g/mol. The molecule has 8 heteroatoms. The maximum Gasteiger partial charge on any atom is 0.308 e. The molecule has 0 radical (unpaired) electrons. The number of amides is 2. The first-order valence-electron chi connectivity index (χ1n) is 11.6. The van der Waals surface area contributed by atoms with Gasteiger partial charge in [0, 0.05) is 31.1 Å². The second kappa shape index (κ2) is 12.9. The summed E-state index contributed by atoms with van der Waals surface area (Å²) in [6.45, 7) is 4.03. The van der Waals surface area contributed by atoms with Crippen LogP contribution in [0.5, 0.6) is 17.2 Å². The fraction of sp³-hybridized carbons (Fsp3) is 0.250. The summed E-state index contributed by atoms with van der Waals surface area (Å²) in [5, 5.41) is 5.73. The predicted molar refractivity (Wildman–Crippen MR) is 136 cm³/mol. The first-order valence-corrected chi connectivity index (χ1v) is 11.6. The van der Waals surface area contributed by atoms with Crippen LogP contribution in [0, 0.1) is 0 Å². The number of rotatable bonds is 11. The smallest absolute Gasteiger partial charge is 0.308 e. The van der Waals surface area contributed by atoms with Crippen molar-refractivity contribution in [3.63, 3.8) is 0 Å². The zero-order valence-corrected chi connectivity index (χ0v) is 20.6. The van der Waals surface area contributed by atoms with Crippen LogP contribution >= 0.6 is 0 Å². The van der Waals surface area contributed by atoms with Gasteiger partial charge in [0.25, 0.3) is 5.91 Å². The van der Waals surface area contributed by atoms with E-state index in [9.17, 15) is 14.4 Å². The Hall–Kier alpha value is -4.33. The van der Waals surface area contributed by atoms with Gasteiger partial charge in [0.15, 0.2) is 11.5 Å². The lowest BCUT2D eigenvalue weighted by Crippen LogP contribution is -2.23. The molecule has 188 valence electrons. The van der Waals surface area contributed by atoms with E-state index >= 15 is 0 Å². The lowest BCUT2D eigenvalue weighted by Gasteiger charge is -2.11. The number of hydrogen-bond acceptors (Lipinski definition) is 6. The number of benzene rings is 3. The molecule has 3 rings (SSSR count). The first kappa shape index (κ1) is 26.3. The molecule has 0 aliphatic carbocycles. The zero-order chi connectivity index (χ0) is 25.9. The SMILES string of the molecule is CCOc1ccc(CCC(=O)Nc2cccc(CNC(=O)c3cccc(OC(C)=O)c3)c2)cc1OC. The zero-order valence-electron chi connectivity index (χ0n) is 20.6. The third kappa shape index (κ3) is 7.87. The number of carbonyl (C=O) groups is 3. The van der Waals surface area contributed by atoms with Gasteiger partial charge < -0.3 is 24.8 Å². The molecule has 0 saturated carbocycles. The number of anilines is 1. The van der Waals surface area contributed by atoms with Gasteiger partial charge in [-0.2, -0.15) is 0 Å². The van der Waals surface area contributed by atoms with Gasteiger partial charge in [-0.3, -0.25) is 14.4 Å². The number of carbonyl (C=O) groups excluding carboxylic acids is 3. The van der Waals surface area contributed by atoms with E-state index in [4.69, 9.17) is 14.2 Å². The van der Waals surface area contributed by atoms with Gasteiger partial charge in [-0.1, -0.05) is 24.3 Å². The van der Waals surface area contributed by atoms with Crippen LogP contribution in [0.3, 0.4) is 0 Å². The van der Waals surface area contributed by atoms with Crippen LogP contribution in [0.2, 0.25) is 0 Å². The fourth-order valence-electron chi connectivity index (χ4n) is 3.53. The van der Waals surface area contributed by atoms with Gasteiger partial charge in [0.05, 0.1) is 13.7 Å². The summed E-state index contributed by atoms with van der Waals surface area (Å²) in [7, 11) is 1.59. The van der Waals surface area contributed by atoms with E-state index in [-0.39, 0.29) is 18.4 Å². The van der Waals surface area contributed by atoms with Crippen molar-refractivity contribution in [1.82, 2.24) is 5.32 Å². The Bertz CT molecular complexity index is 1220. The average Bonchev–Trinajstić information content (AvgIpc) is 2.87. The Morgan fingerprint density at radius 3 is 2.44 bits per heavy atom. The summed E-state index contributed by atoms with van der Waals surface area (Å²) >= 11 is 0. The molecule has 3 aromatic carbocycles. The molecule has 0 heterocycles. The molecule has 2 N–H and O–H groups in total. The number of nitrogens with one attached hydrogen (secondary N) is 2. The summed E-state index contributed by atoms with van der Waals surface area (Å²) in [6, 6.07) is 19.3. The number of methoxy groups -OCH3 is 1. The Labute approximate surface area is 210 Å². The number of hydrogen-bond donors (Lipinski definition) is 2. The van der Waals surface area contributed by atoms with Crippen molar-refractivity contribution in [3.05, 3.63) is 83.4 Å². The van der Waals surface area contributed by atoms with E-state index in [0.717, 1.165) is 11.1 Å². The van der Waals surface area contributed by atoms with Crippen molar-refractivity contribution in [2.75, 3.05) is 19.0 Å². The van der Waals surface area contributed by atoms with Gasteiger partial charge in [0.2, 0.25) is 5.91 Å². The summed E-state index contributed by atoms with van der Waals surface area (Å²) < 4.78 is 15.9. The summed E-state index contributed by atoms with van der Waals surface area (Å²) in [6.07, 6.45) is 0.855. The van der Waals surface area contributed by atoms with Crippen molar-refractivity contribution in [2.45, 2.75) is 33.2 Å². The highest BCUT2D eigenvalue weighted by atomic mass is 16.5. The van der Waals surface area contributed by atoms with Crippen molar-refractivity contribution < 1.29 is 28.6 Å². The Morgan fingerprint density at radius 1 is 0.889 bits per heavy atom. The van der Waals surface area contributed by atoms with E-state index in [0.29, 0.717) is 47.9 Å². The predicted octanol–water partition coefficient (Wildman–Crippen LogP) is 4.52. The highest BCUT2D eigenvalue weighted by Crippen LogP contribution is 2.28.